The summed E-state index contributed by atoms with van der Waals surface area (Å²) in [6.45, 7) is 0. The zero-order valence-electron chi connectivity index (χ0n) is 9.26. The summed E-state index contributed by atoms with van der Waals surface area (Å²) in [7, 11) is 2.69. The molecule has 1 aromatic rings. The van der Waals surface area contributed by atoms with E-state index in [0.717, 1.165) is 6.07 Å². The molecule has 0 aliphatic carbocycles. The second-order valence-corrected chi connectivity index (χ2v) is 3.14. The van der Waals surface area contributed by atoms with Crippen LogP contribution in [-0.4, -0.2) is 25.1 Å². The molecule has 7 nitrogen and oxygen atoms in total. The fraction of sp³-hybridized carbons (Fsp3) is 0.300. The molecule has 0 bridgehead atoms. The molecule has 0 amide bonds. The summed E-state index contributed by atoms with van der Waals surface area (Å²) in [5.74, 6) is -1.00. The van der Waals surface area contributed by atoms with Crippen LogP contribution >= 0.6 is 0 Å². The lowest BCUT2D eigenvalue weighted by Gasteiger charge is -2.10. The number of hydrogen-bond acceptors (Lipinski definition) is 6. The van der Waals surface area contributed by atoms with Gasteiger partial charge in [0.25, 0.3) is 5.69 Å². The molecule has 1 rings (SSSR count). The molecule has 0 heterocycles. The van der Waals surface area contributed by atoms with Crippen molar-refractivity contribution in [3.8, 4) is 11.5 Å². The lowest BCUT2D eigenvalue weighted by atomic mass is 10.1. The largest absolute Gasteiger partial charge is 0.550 e. The first-order valence-electron chi connectivity index (χ1n) is 4.58. The summed E-state index contributed by atoms with van der Waals surface area (Å²) in [6, 6.07) is 2.38. The topological polar surface area (TPSA) is 102 Å². The Morgan fingerprint density at radius 3 is 2.24 bits per heavy atom. The number of carboxylic acids is 1. The Morgan fingerprint density at radius 1 is 1.29 bits per heavy atom. The molecular weight excluding hydrogens is 230 g/mol. The molecule has 7 heteroatoms. The van der Waals surface area contributed by atoms with E-state index >= 15 is 0 Å². The van der Waals surface area contributed by atoms with Crippen LogP contribution in [0.3, 0.4) is 0 Å². The van der Waals surface area contributed by atoms with Crippen molar-refractivity contribution in [3.05, 3.63) is 27.8 Å². The minimum atomic E-state index is -1.40. The van der Waals surface area contributed by atoms with E-state index < -0.39 is 17.3 Å². The molecule has 0 fully saturated rings. The third kappa shape index (κ3) is 2.83. The monoisotopic (exact) mass is 240 g/mol. The van der Waals surface area contributed by atoms with Gasteiger partial charge in [0.15, 0.2) is 11.5 Å². The van der Waals surface area contributed by atoms with Crippen LogP contribution in [0.2, 0.25) is 0 Å². The van der Waals surface area contributed by atoms with Gasteiger partial charge in [-0.15, -0.1) is 0 Å². The first-order chi connectivity index (χ1) is 7.99. The van der Waals surface area contributed by atoms with Crippen LogP contribution in [0.4, 0.5) is 5.69 Å². The van der Waals surface area contributed by atoms with E-state index in [9.17, 15) is 20.0 Å². The molecule has 0 radical (unpaired) electrons. The van der Waals surface area contributed by atoms with Crippen molar-refractivity contribution in [2.45, 2.75) is 6.42 Å². The SMILES string of the molecule is COc1cc(CC(=O)[O-])c([N+](=O)[O-])cc1OC. The highest BCUT2D eigenvalue weighted by Crippen LogP contribution is 2.34. The zero-order valence-corrected chi connectivity index (χ0v) is 9.26. The zero-order chi connectivity index (χ0) is 13.0. The van der Waals surface area contributed by atoms with Gasteiger partial charge < -0.3 is 19.4 Å². The van der Waals surface area contributed by atoms with Gasteiger partial charge in [0.05, 0.1) is 25.2 Å². The van der Waals surface area contributed by atoms with Gasteiger partial charge in [-0.3, -0.25) is 10.1 Å². The number of nitro benzene ring substituents is 1. The number of carbonyl (C=O) groups excluding carboxylic acids is 1. The molecule has 0 aliphatic rings. The van der Waals surface area contributed by atoms with Crippen molar-refractivity contribution in [1.82, 2.24) is 0 Å². The van der Waals surface area contributed by atoms with E-state index in [2.05, 4.69) is 0 Å². The van der Waals surface area contributed by atoms with Crippen molar-refractivity contribution >= 4 is 11.7 Å². The predicted molar refractivity (Wildman–Crippen MR) is 54.9 cm³/mol. The maximum Gasteiger partial charge on any atom is 0.276 e. The molecule has 1 aromatic carbocycles. The minimum Gasteiger partial charge on any atom is -0.550 e. The van der Waals surface area contributed by atoms with Crippen LogP contribution in [0.5, 0.6) is 11.5 Å². The van der Waals surface area contributed by atoms with Crippen LogP contribution in [0.15, 0.2) is 12.1 Å². The average molecular weight is 240 g/mol. The number of ether oxygens (including phenoxy) is 2. The van der Waals surface area contributed by atoms with Crippen molar-refractivity contribution in [2.24, 2.45) is 0 Å². The molecule has 92 valence electrons. The highest BCUT2D eigenvalue weighted by Gasteiger charge is 2.19. The number of carboxylic acid groups (broad SMARTS) is 1. The number of nitrogens with zero attached hydrogens (tertiary/aromatic N) is 1. The van der Waals surface area contributed by atoms with Gasteiger partial charge in [-0.2, -0.15) is 0 Å². The molecular formula is C10H10NO6-. The van der Waals surface area contributed by atoms with Crippen molar-refractivity contribution in [1.29, 1.82) is 0 Å². The molecule has 0 saturated heterocycles. The van der Waals surface area contributed by atoms with E-state index in [1.807, 2.05) is 0 Å². The Morgan fingerprint density at radius 2 is 1.82 bits per heavy atom. The Hall–Kier alpha value is -2.31. The normalized spacial score (nSPS) is 9.76. The molecule has 17 heavy (non-hydrogen) atoms. The minimum absolute atomic E-state index is 0.00708. The second-order valence-electron chi connectivity index (χ2n) is 3.14. The van der Waals surface area contributed by atoms with Crippen molar-refractivity contribution < 1.29 is 24.3 Å². The summed E-state index contributed by atoms with van der Waals surface area (Å²) in [4.78, 5) is 20.6. The number of hydrogen-bond donors (Lipinski definition) is 0. The smallest absolute Gasteiger partial charge is 0.276 e. The number of aliphatic carboxylic acids is 1. The summed E-state index contributed by atoms with van der Waals surface area (Å²) in [5, 5.41) is 21.3. The lowest BCUT2D eigenvalue weighted by molar-refractivity contribution is -0.385. The van der Waals surface area contributed by atoms with Crippen LogP contribution in [-0.2, 0) is 11.2 Å². The van der Waals surface area contributed by atoms with Crippen LogP contribution in [0.1, 0.15) is 5.56 Å². The fourth-order valence-corrected chi connectivity index (χ4v) is 1.38. The first-order valence-corrected chi connectivity index (χ1v) is 4.58. The van der Waals surface area contributed by atoms with Gasteiger partial charge in [0.1, 0.15) is 0 Å². The van der Waals surface area contributed by atoms with Gasteiger partial charge in [0, 0.05) is 18.0 Å². The quantitative estimate of drug-likeness (QED) is 0.526. The summed E-state index contributed by atoms with van der Waals surface area (Å²) in [5.41, 5.74) is -0.334. The third-order valence-corrected chi connectivity index (χ3v) is 2.12. The Bertz CT molecular complexity index is 456. The van der Waals surface area contributed by atoms with Gasteiger partial charge in [0.2, 0.25) is 0 Å². The molecule has 0 saturated carbocycles. The van der Waals surface area contributed by atoms with Crippen molar-refractivity contribution in [2.75, 3.05) is 14.2 Å². The first kappa shape index (κ1) is 12.8. The van der Waals surface area contributed by atoms with Gasteiger partial charge in [-0.05, 0) is 6.07 Å². The molecule has 0 aromatic heterocycles. The van der Waals surface area contributed by atoms with Crippen LogP contribution in [0, 0.1) is 10.1 Å². The lowest BCUT2D eigenvalue weighted by Crippen LogP contribution is -2.24. The van der Waals surface area contributed by atoms with E-state index in [-0.39, 0.29) is 22.7 Å². The van der Waals surface area contributed by atoms with Crippen LogP contribution < -0.4 is 14.6 Å². The Balaban J connectivity index is 3.34. The maximum absolute atomic E-state index is 10.8. The van der Waals surface area contributed by atoms with E-state index in [4.69, 9.17) is 9.47 Å². The number of benzene rings is 1. The van der Waals surface area contributed by atoms with Crippen LogP contribution in [0.25, 0.3) is 0 Å². The molecule has 0 unspecified atom stereocenters. The van der Waals surface area contributed by atoms with Gasteiger partial charge in [-0.25, -0.2) is 0 Å². The fourth-order valence-electron chi connectivity index (χ4n) is 1.38. The predicted octanol–water partition coefficient (Wildman–Crippen LogP) is -0.0956. The number of carbonyl (C=O) groups is 1. The molecule has 0 aliphatic heterocycles. The maximum atomic E-state index is 10.8. The number of methoxy groups -OCH3 is 2. The van der Waals surface area contributed by atoms with Gasteiger partial charge >= 0.3 is 0 Å². The number of rotatable bonds is 5. The highest BCUT2D eigenvalue weighted by atomic mass is 16.6. The summed E-state index contributed by atoms with van der Waals surface area (Å²) in [6.07, 6.45) is -0.559. The number of nitro groups is 1. The van der Waals surface area contributed by atoms with Crippen molar-refractivity contribution in [3.63, 3.8) is 0 Å². The van der Waals surface area contributed by atoms with E-state index in [0.29, 0.717) is 0 Å². The second kappa shape index (κ2) is 5.15. The van der Waals surface area contributed by atoms with Gasteiger partial charge in [-0.1, -0.05) is 0 Å². The highest BCUT2D eigenvalue weighted by molar-refractivity contribution is 5.71. The van der Waals surface area contributed by atoms with E-state index in [1.165, 1.54) is 20.3 Å². The summed E-state index contributed by atoms with van der Waals surface area (Å²) < 4.78 is 9.83. The molecule has 0 N–H and O–H groups in total. The third-order valence-electron chi connectivity index (χ3n) is 2.12. The van der Waals surface area contributed by atoms with E-state index in [1.54, 1.807) is 0 Å². The molecule has 0 atom stereocenters. The molecule has 0 spiro atoms. The Labute approximate surface area is 96.7 Å². The standard InChI is InChI=1S/C10H11NO6/c1-16-8-3-6(4-10(12)13)7(11(14)15)5-9(8)17-2/h3,5H,4H2,1-2H3,(H,12,13)/p-1. The Kier molecular flexibility index (Phi) is 3.86. The summed E-state index contributed by atoms with van der Waals surface area (Å²) >= 11 is 0. The average Bonchev–Trinajstić information content (AvgIpc) is 2.27.